The number of rotatable bonds is 9. The summed E-state index contributed by atoms with van der Waals surface area (Å²) in [7, 11) is 0. The molecule has 0 spiro atoms. The molecular weight excluding hydrogens is 688 g/mol. The van der Waals surface area contributed by atoms with Crippen LogP contribution in [0.25, 0.3) is 16.8 Å². The minimum atomic E-state index is -0.713. The van der Waals surface area contributed by atoms with E-state index in [4.69, 9.17) is 30.8 Å². The second-order valence-electron chi connectivity index (χ2n) is 10.5. The molecule has 234 valence electrons. The molecule has 2 heterocycles. The van der Waals surface area contributed by atoms with Crippen molar-refractivity contribution in [3.8, 4) is 11.5 Å². The molecule has 7 nitrogen and oxygen atoms in total. The zero-order valence-electron chi connectivity index (χ0n) is 25.4. The molecule has 1 aliphatic heterocycles. The Labute approximate surface area is 283 Å². The molecule has 5 aromatic rings. The summed E-state index contributed by atoms with van der Waals surface area (Å²) in [6.45, 7) is 6.32. The summed E-state index contributed by atoms with van der Waals surface area (Å²) in [5, 5.41) is 2.57. The van der Waals surface area contributed by atoms with Gasteiger partial charge in [0.25, 0.3) is 5.56 Å². The van der Waals surface area contributed by atoms with Crippen molar-refractivity contribution < 1.29 is 19.0 Å². The van der Waals surface area contributed by atoms with Gasteiger partial charge in [0.15, 0.2) is 16.3 Å². The van der Waals surface area contributed by atoms with Gasteiger partial charge in [-0.25, -0.2) is 9.79 Å². The van der Waals surface area contributed by atoms with Gasteiger partial charge in [-0.3, -0.25) is 9.36 Å². The van der Waals surface area contributed by atoms with Crippen LogP contribution >= 0.6 is 38.9 Å². The predicted octanol–water partition coefficient (Wildman–Crippen LogP) is 7.35. The van der Waals surface area contributed by atoms with Gasteiger partial charge in [-0.05, 0) is 82.9 Å². The van der Waals surface area contributed by atoms with Crippen LogP contribution in [0.4, 0.5) is 0 Å². The number of hydrogen-bond donors (Lipinski definition) is 0. The van der Waals surface area contributed by atoms with Crippen molar-refractivity contribution >= 4 is 61.7 Å². The number of aromatic nitrogens is 1. The van der Waals surface area contributed by atoms with E-state index in [1.807, 2.05) is 85.8 Å². The zero-order valence-corrected chi connectivity index (χ0v) is 28.5. The van der Waals surface area contributed by atoms with Crippen LogP contribution < -0.4 is 24.4 Å². The third-order valence-corrected chi connectivity index (χ3v) is 9.53. The molecular formula is C36H30BrClN2O5S. The Morgan fingerprint density at radius 2 is 1.78 bits per heavy atom. The number of halogens is 2. The highest BCUT2D eigenvalue weighted by Crippen LogP contribution is 2.38. The van der Waals surface area contributed by atoms with Crippen molar-refractivity contribution in [2.75, 3.05) is 13.2 Å². The lowest BCUT2D eigenvalue weighted by Crippen LogP contribution is -2.40. The van der Waals surface area contributed by atoms with Crippen LogP contribution in [0.15, 0.2) is 104 Å². The van der Waals surface area contributed by atoms with Gasteiger partial charge in [0.05, 0.1) is 39.5 Å². The van der Waals surface area contributed by atoms with Gasteiger partial charge >= 0.3 is 5.97 Å². The van der Waals surface area contributed by atoms with Crippen LogP contribution in [-0.2, 0) is 16.1 Å². The van der Waals surface area contributed by atoms with Crippen LogP contribution in [-0.4, -0.2) is 23.8 Å². The molecule has 0 N–H and O–H groups in total. The molecule has 1 atom stereocenters. The van der Waals surface area contributed by atoms with Gasteiger partial charge in [-0.1, -0.05) is 83.6 Å². The van der Waals surface area contributed by atoms with E-state index in [0.29, 0.717) is 48.2 Å². The lowest BCUT2D eigenvalue weighted by atomic mass is 9.91. The molecule has 1 aliphatic rings. The van der Waals surface area contributed by atoms with Crippen molar-refractivity contribution in [2.24, 2.45) is 4.99 Å². The fraction of sp³-hybridized carbons (Fsp3) is 0.194. The molecule has 0 aliphatic carbocycles. The van der Waals surface area contributed by atoms with Gasteiger partial charge in [-0.2, -0.15) is 0 Å². The van der Waals surface area contributed by atoms with Crippen LogP contribution in [0.5, 0.6) is 11.5 Å². The van der Waals surface area contributed by atoms with Crippen molar-refractivity contribution in [1.82, 2.24) is 4.57 Å². The zero-order chi connectivity index (χ0) is 32.4. The quantitative estimate of drug-likeness (QED) is 0.149. The Bertz CT molecular complexity index is 2180. The number of nitrogens with zero attached hydrogens (tertiary/aromatic N) is 2. The van der Waals surface area contributed by atoms with E-state index in [2.05, 4.69) is 15.9 Å². The number of ether oxygens (including phenoxy) is 3. The molecule has 4 aromatic carbocycles. The van der Waals surface area contributed by atoms with Crippen LogP contribution in [0, 0.1) is 0 Å². The SMILES string of the molecule is CCOC(=O)C1=C(C)N=c2s/c(=C\c3cc(Br)c(OCc4ccccc4Cl)c(OCC)c3)c(=O)n2[C@H]1c1cccc2ccccc12. The van der Waals surface area contributed by atoms with Crippen LogP contribution in [0.2, 0.25) is 5.02 Å². The van der Waals surface area contributed by atoms with Gasteiger partial charge in [-0.15, -0.1) is 0 Å². The number of hydrogen-bond acceptors (Lipinski definition) is 7. The van der Waals surface area contributed by atoms with Crippen LogP contribution in [0.3, 0.4) is 0 Å². The molecule has 1 aromatic heterocycles. The number of benzene rings is 4. The molecule has 0 saturated carbocycles. The summed E-state index contributed by atoms with van der Waals surface area (Å²) in [6.07, 6.45) is 1.80. The summed E-state index contributed by atoms with van der Waals surface area (Å²) in [6, 6.07) is 24.3. The largest absolute Gasteiger partial charge is 0.490 e. The second-order valence-corrected chi connectivity index (χ2v) is 12.8. The van der Waals surface area contributed by atoms with Gasteiger partial charge in [0.2, 0.25) is 0 Å². The Morgan fingerprint density at radius 3 is 2.57 bits per heavy atom. The molecule has 0 fully saturated rings. The number of carbonyl (C=O) groups excluding carboxylic acids is 1. The van der Waals surface area contributed by atoms with E-state index < -0.39 is 12.0 Å². The van der Waals surface area contributed by atoms with Crippen molar-refractivity contribution in [1.29, 1.82) is 0 Å². The fourth-order valence-corrected chi connectivity index (χ4v) is 7.38. The maximum absolute atomic E-state index is 14.3. The van der Waals surface area contributed by atoms with E-state index in [0.717, 1.165) is 27.5 Å². The van der Waals surface area contributed by atoms with Crippen molar-refractivity contribution in [3.63, 3.8) is 0 Å². The molecule has 0 saturated heterocycles. The third-order valence-electron chi connectivity index (χ3n) is 7.59. The molecule has 0 amide bonds. The van der Waals surface area contributed by atoms with E-state index in [9.17, 15) is 9.59 Å². The molecule has 0 unspecified atom stereocenters. The highest BCUT2D eigenvalue weighted by molar-refractivity contribution is 9.10. The van der Waals surface area contributed by atoms with Gasteiger partial charge in [0.1, 0.15) is 6.61 Å². The Hall–Kier alpha value is -4.18. The fourth-order valence-electron chi connectivity index (χ4n) is 5.57. The minimum absolute atomic E-state index is 0.206. The minimum Gasteiger partial charge on any atom is -0.490 e. The first-order valence-electron chi connectivity index (χ1n) is 14.8. The second kappa shape index (κ2) is 13.7. The van der Waals surface area contributed by atoms with Crippen LogP contribution in [0.1, 0.15) is 43.5 Å². The number of thiazole rings is 1. The standard InChI is InChI=1S/C36H30BrClN2O5S/c1-4-43-29-18-22(17-27(37)33(29)45-20-24-12-7-9-16-28(24)38)19-30-34(41)40-32(26-15-10-13-23-11-6-8-14-25(23)26)31(35(42)44-5-2)21(3)39-36(40)46-30/h6-19,32H,4-5,20H2,1-3H3/b30-19-/t32-/m0/s1. The highest BCUT2D eigenvalue weighted by Gasteiger charge is 2.34. The average Bonchev–Trinajstić information content (AvgIpc) is 3.34. The summed E-state index contributed by atoms with van der Waals surface area (Å²) in [5.74, 6) is 0.566. The summed E-state index contributed by atoms with van der Waals surface area (Å²) in [4.78, 5) is 32.9. The monoisotopic (exact) mass is 716 g/mol. The Balaban J connectivity index is 1.47. The Kier molecular flexibility index (Phi) is 9.44. The normalized spacial score (nSPS) is 14.6. The number of carbonyl (C=O) groups is 1. The molecule has 0 radical (unpaired) electrons. The Morgan fingerprint density at radius 1 is 1.02 bits per heavy atom. The number of allylic oxidation sites excluding steroid dienone is 1. The molecule has 6 rings (SSSR count). The molecule has 10 heteroatoms. The summed E-state index contributed by atoms with van der Waals surface area (Å²) >= 11 is 11.3. The maximum Gasteiger partial charge on any atom is 0.338 e. The lowest BCUT2D eigenvalue weighted by molar-refractivity contribution is -0.139. The number of esters is 1. The first-order valence-corrected chi connectivity index (χ1v) is 16.8. The van der Waals surface area contributed by atoms with Gasteiger partial charge in [0, 0.05) is 10.6 Å². The predicted molar refractivity (Wildman–Crippen MR) is 185 cm³/mol. The number of fused-ring (bicyclic) bond motifs is 2. The molecule has 0 bridgehead atoms. The third kappa shape index (κ3) is 6.15. The highest BCUT2D eigenvalue weighted by atomic mass is 79.9. The average molecular weight is 718 g/mol. The van der Waals surface area contributed by atoms with E-state index in [1.165, 1.54) is 11.3 Å². The van der Waals surface area contributed by atoms with E-state index in [-0.39, 0.29) is 18.8 Å². The summed E-state index contributed by atoms with van der Waals surface area (Å²) < 4.78 is 20.3. The van der Waals surface area contributed by atoms with Crippen molar-refractivity contribution in [3.05, 3.63) is 136 Å². The van der Waals surface area contributed by atoms with E-state index in [1.54, 1.807) is 24.5 Å². The topological polar surface area (TPSA) is 79.1 Å². The lowest BCUT2D eigenvalue weighted by Gasteiger charge is -2.25. The smallest absolute Gasteiger partial charge is 0.338 e. The molecule has 46 heavy (non-hydrogen) atoms. The van der Waals surface area contributed by atoms with E-state index >= 15 is 0 Å². The maximum atomic E-state index is 14.3. The first kappa shape index (κ1) is 31.8. The van der Waals surface area contributed by atoms with Crippen molar-refractivity contribution in [2.45, 2.75) is 33.4 Å². The first-order chi connectivity index (χ1) is 22.3. The summed E-state index contributed by atoms with van der Waals surface area (Å²) in [5.41, 5.74) is 3.01. The van der Waals surface area contributed by atoms with Gasteiger partial charge < -0.3 is 14.2 Å².